The second kappa shape index (κ2) is 9.75. The summed E-state index contributed by atoms with van der Waals surface area (Å²) in [4.78, 5) is 11.5. The Morgan fingerprint density at radius 3 is 2.81 bits per heavy atom. The molecule has 0 amide bonds. The van der Waals surface area contributed by atoms with Gasteiger partial charge in [-0.3, -0.25) is 4.79 Å². The molecule has 2 heterocycles. The number of aliphatic carboxylic acids is 1. The van der Waals surface area contributed by atoms with Crippen molar-refractivity contribution in [1.82, 2.24) is 15.5 Å². The molecule has 7 nitrogen and oxygen atoms in total. The van der Waals surface area contributed by atoms with Gasteiger partial charge in [0.1, 0.15) is 0 Å². The number of benzene rings is 2. The number of nitrogens with zero attached hydrogens (tertiary/aromatic N) is 3. The third-order valence-electron chi connectivity index (χ3n) is 5.91. The van der Waals surface area contributed by atoms with Crippen LogP contribution in [0.1, 0.15) is 63.2 Å². The van der Waals surface area contributed by atoms with E-state index >= 15 is 0 Å². The standard InChI is InChI=1S/C24H29N5O2/c1-2-3-4-5-8-19(16-23(30)31)29-14-13-18-15-17(11-12-22(18)29)20-9-6-7-10-21(20)24-25-27-28-26-24/h6-7,9-15,19,24H,2-5,8,16H2,1H3,(H,25,28)(H,26,27)(H,30,31). The largest absolute Gasteiger partial charge is 0.481 e. The predicted octanol–water partition coefficient (Wildman–Crippen LogP) is 5.77. The maximum atomic E-state index is 11.5. The molecule has 3 aromatic rings. The Hall–Kier alpha value is -3.19. The predicted molar refractivity (Wildman–Crippen MR) is 121 cm³/mol. The van der Waals surface area contributed by atoms with E-state index in [9.17, 15) is 9.90 Å². The summed E-state index contributed by atoms with van der Waals surface area (Å²) in [6, 6.07) is 16.6. The molecule has 31 heavy (non-hydrogen) atoms. The highest BCUT2D eigenvalue weighted by Gasteiger charge is 2.20. The topological polar surface area (TPSA) is 91.0 Å². The molecule has 0 saturated heterocycles. The van der Waals surface area contributed by atoms with Crippen molar-refractivity contribution < 1.29 is 9.90 Å². The molecule has 0 aliphatic carbocycles. The third kappa shape index (κ3) is 4.77. The van der Waals surface area contributed by atoms with Crippen molar-refractivity contribution in [3.8, 4) is 11.1 Å². The van der Waals surface area contributed by atoms with Crippen LogP contribution in [0.3, 0.4) is 0 Å². The van der Waals surface area contributed by atoms with E-state index in [0.29, 0.717) is 0 Å². The average molecular weight is 420 g/mol. The zero-order valence-corrected chi connectivity index (χ0v) is 17.8. The third-order valence-corrected chi connectivity index (χ3v) is 5.91. The highest BCUT2D eigenvalue weighted by atomic mass is 16.4. The smallest absolute Gasteiger partial charge is 0.305 e. The van der Waals surface area contributed by atoms with Gasteiger partial charge in [-0.1, -0.05) is 68.2 Å². The van der Waals surface area contributed by atoms with Crippen LogP contribution in [0.25, 0.3) is 22.0 Å². The lowest BCUT2D eigenvalue weighted by Gasteiger charge is -2.19. The summed E-state index contributed by atoms with van der Waals surface area (Å²) >= 11 is 0. The number of carboxylic acids is 1. The Morgan fingerprint density at radius 1 is 1.16 bits per heavy atom. The van der Waals surface area contributed by atoms with E-state index in [2.05, 4.69) is 63.1 Å². The van der Waals surface area contributed by atoms with Crippen LogP contribution >= 0.6 is 0 Å². The van der Waals surface area contributed by atoms with Crippen molar-refractivity contribution in [1.29, 1.82) is 0 Å². The van der Waals surface area contributed by atoms with Crippen LogP contribution in [-0.2, 0) is 4.79 Å². The minimum absolute atomic E-state index is 0.0285. The zero-order chi connectivity index (χ0) is 21.6. The quantitative estimate of drug-likeness (QED) is 0.364. The van der Waals surface area contributed by atoms with Crippen LogP contribution < -0.4 is 11.0 Å². The molecular weight excluding hydrogens is 390 g/mol. The fourth-order valence-corrected chi connectivity index (χ4v) is 4.34. The molecule has 4 rings (SSSR count). The minimum Gasteiger partial charge on any atom is -0.481 e. The minimum atomic E-state index is -0.750. The summed E-state index contributed by atoms with van der Waals surface area (Å²) in [6.07, 6.45) is 7.40. The second-order valence-electron chi connectivity index (χ2n) is 8.06. The van der Waals surface area contributed by atoms with Crippen LogP contribution in [-0.4, -0.2) is 15.6 Å². The number of carbonyl (C=O) groups is 1. The van der Waals surface area contributed by atoms with Gasteiger partial charge < -0.3 is 9.67 Å². The van der Waals surface area contributed by atoms with Crippen molar-refractivity contribution in [2.45, 2.75) is 57.7 Å². The van der Waals surface area contributed by atoms with E-state index in [1.54, 1.807) is 0 Å². The molecule has 0 bridgehead atoms. The monoisotopic (exact) mass is 419 g/mol. The van der Waals surface area contributed by atoms with Crippen molar-refractivity contribution in [3.63, 3.8) is 0 Å². The normalized spacial score (nSPS) is 16.5. The number of nitrogens with one attached hydrogen (secondary N) is 2. The van der Waals surface area contributed by atoms with Gasteiger partial charge in [0.2, 0.25) is 0 Å². The first-order chi connectivity index (χ1) is 15.2. The summed E-state index contributed by atoms with van der Waals surface area (Å²) in [5.41, 5.74) is 10.1. The molecule has 2 atom stereocenters. The lowest BCUT2D eigenvalue weighted by Crippen LogP contribution is -2.24. The van der Waals surface area contributed by atoms with Gasteiger partial charge in [0.05, 0.1) is 6.42 Å². The lowest BCUT2D eigenvalue weighted by molar-refractivity contribution is -0.137. The van der Waals surface area contributed by atoms with Gasteiger partial charge in [-0.2, -0.15) is 5.43 Å². The Morgan fingerprint density at radius 2 is 2.03 bits per heavy atom. The van der Waals surface area contributed by atoms with Crippen molar-refractivity contribution in [2.24, 2.45) is 10.3 Å². The van der Waals surface area contributed by atoms with Crippen LogP contribution in [0.15, 0.2) is 65.1 Å². The van der Waals surface area contributed by atoms with Crippen molar-refractivity contribution in [2.75, 3.05) is 0 Å². The maximum Gasteiger partial charge on any atom is 0.305 e. The van der Waals surface area contributed by atoms with Gasteiger partial charge in [0, 0.05) is 28.7 Å². The van der Waals surface area contributed by atoms with Crippen LogP contribution in [0.2, 0.25) is 0 Å². The molecule has 7 heteroatoms. The summed E-state index contributed by atoms with van der Waals surface area (Å²) in [5.74, 6) is -0.750. The van der Waals surface area contributed by atoms with Gasteiger partial charge in [0.25, 0.3) is 0 Å². The molecule has 1 aliphatic heterocycles. The molecule has 0 saturated carbocycles. The van der Waals surface area contributed by atoms with E-state index in [-0.39, 0.29) is 18.6 Å². The molecule has 1 aromatic heterocycles. The summed E-state index contributed by atoms with van der Waals surface area (Å²) < 4.78 is 2.14. The Labute approximate surface area is 182 Å². The molecular formula is C24H29N5O2. The molecule has 0 spiro atoms. The summed E-state index contributed by atoms with van der Waals surface area (Å²) in [5, 5.41) is 18.6. The van der Waals surface area contributed by atoms with Crippen molar-refractivity contribution >= 4 is 16.9 Å². The maximum absolute atomic E-state index is 11.5. The van der Waals surface area contributed by atoms with Crippen molar-refractivity contribution in [3.05, 3.63) is 60.3 Å². The second-order valence-corrected chi connectivity index (χ2v) is 8.06. The zero-order valence-electron chi connectivity index (χ0n) is 17.8. The Kier molecular flexibility index (Phi) is 6.62. The first kappa shape index (κ1) is 21.1. The van der Waals surface area contributed by atoms with Gasteiger partial charge in [-0.25, -0.2) is 5.53 Å². The average Bonchev–Trinajstić information content (AvgIpc) is 3.45. The van der Waals surface area contributed by atoms with Gasteiger partial charge in [-0.05, 0) is 35.7 Å². The lowest BCUT2D eigenvalue weighted by atomic mass is 9.97. The number of rotatable bonds is 10. The number of unbranched alkanes of at least 4 members (excludes halogenated alkanes) is 3. The first-order valence-corrected chi connectivity index (χ1v) is 11.0. The van der Waals surface area contributed by atoms with E-state index < -0.39 is 5.97 Å². The fraction of sp³-hybridized carbons (Fsp3) is 0.375. The Balaban J connectivity index is 1.63. The van der Waals surface area contributed by atoms with Gasteiger partial charge in [0.15, 0.2) is 6.17 Å². The molecule has 2 aromatic carbocycles. The van der Waals surface area contributed by atoms with E-state index in [0.717, 1.165) is 46.9 Å². The summed E-state index contributed by atoms with van der Waals surface area (Å²) in [6.45, 7) is 2.19. The number of hydrazine groups is 1. The fourth-order valence-electron chi connectivity index (χ4n) is 4.34. The Bertz CT molecular complexity index is 1070. The molecule has 2 unspecified atom stereocenters. The van der Waals surface area contributed by atoms with E-state index in [4.69, 9.17) is 0 Å². The first-order valence-electron chi connectivity index (χ1n) is 11.0. The number of hydrogen-bond donors (Lipinski definition) is 3. The van der Waals surface area contributed by atoms with Crippen LogP contribution in [0, 0.1) is 0 Å². The highest BCUT2D eigenvalue weighted by molar-refractivity contribution is 5.86. The van der Waals surface area contributed by atoms with Gasteiger partial charge >= 0.3 is 5.97 Å². The van der Waals surface area contributed by atoms with Crippen LogP contribution in [0.5, 0.6) is 0 Å². The molecule has 0 fully saturated rings. The molecule has 162 valence electrons. The molecule has 1 aliphatic rings. The van der Waals surface area contributed by atoms with Crippen LogP contribution in [0.4, 0.5) is 0 Å². The highest BCUT2D eigenvalue weighted by Crippen LogP contribution is 2.33. The number of fused-ring (bicyclic) bond motifs is 1. The number of aromatic nitrogens is 1. The molecule has 0 radical (unpaired) electrons. The number of carboxylic acid groups (broad SMARTS) is 1. The van der Waals surface area contributed by atoms with Gasteiger partial charge in [-0.15, -0.1) is 5.11 Å². The SMILES string of the molecule is CCCCCCC(CC(=O)O)n1ccc2cc(-c3ccccc3C3N=NNN3)ccc21. The molecule has 3 N–H and O–H groups in total. The number of hydrogen-bond acceptors (Lipinski definition) is 5. The van der Waals surface area contributed by atoms with E-state index in [1.807, 2.05) is 24.4 Å². The summed E-state index contributed by atoms with van der Waals surface area (Å²) in [7, 11) is 0. The van der Waals surface area contributed by atoms with E-state index in [1.165, 1.54) is 12.8 Å².